The Balaban J connectivity index is 1.79. The number of hydrogen-bond acceptors (Lipinski definition) is 3. The van der Waals surface area contributed by atoms with Crippen molar-refractivity contribution in [1.29, 1.82) is 0 Å². The molecule has 0 fully saturated rings. The Morgan fingerprint density at radius 3 is 2.94 bits per heavy atom. The van der Waals surface area contributed by atoms with Crippen LogP contribution in [0.2, 0.25) is 5.15 Å². The Morgan fingerprint density at radius 1 is 1.22 bits per heavy atom. The molecule has 2 aromatic rings. The van der Waals surface area contributed by atoms with Gasteiger partial charge in [-0.25, -0.2) is 4.98 Å². The SMILES string of the molecule is Clc1cccc(N2C=CC(c3cccnc3)C2)n1. The van der Waals surface area contributed by atoms with E-state index in [9.17, 15) is 0 Å². The number of pyridine rings is 2. The molecular weight excluding hydrogens is 246 g/mol. The molecule has 1 aliphatic heterocycles. The summed E-state index contributed by atoms with van der Waals surface area (Å²) in [6.07, 6.45) is 7.91. The summed E-state index contributed by atoms with van der Waals surface area (Å²) in [5, 5.41) is 0.519. The number of aromatic nitrogens is 2. The van der Waals surface area contributed by atoms with E-state index in [0.29, 0.717) is 11.1 Å². The van der Waals surface area contributed by atoms with Gasteiger partial charge in [0.15, 0.2) is 0 Å². The number of hydrogen-bond donors (Lipinski definition) is 0. The van der Waals surface area contributed by atoms with Gasteiger partial charge in [-0.1, -0.05) is 29.8 Å². The van der Waals surface area contributed by atoms with Crippen molar-refractivity contribution >= 4 is 17.4 Å². The van der Waals surface area contributed by atoms with Gasteiger partial charge in [0.05, 0.1) is 0 Å². The second-order valence-corrected chi connectivity index (χ2v) is 4.59. The lowest BCUT2D eigenvalue weighted by atomic mass is 10.0. The molecule has 2 aromatic heterocycles. The fraction of sp³-hybridized carbons (Fsp3) is 0.143. The second-order valence-electron chi connectivity index (χ2n) is 4.21. The molecule has 90 valence electrons. The van der Waals surface area contributed by atoms with Crippen LogP contribution in [0, 0.1) is 0 Å². The van der Waals surface area contributed by atoms with Crippen LogP contribution in [0.1, 0.15) is 11.5 Å². The first-order chi connectivity index (χ1) is 8.83. The quantitative estimate of drug-likeness (QED) is 0.774. The van der Waals surface area contributed by atoms with Gasteiger partial charge in [0.25, 0.3) is 0 Å². The molecule has 0 bridgehead atoms. The fourth-order valence-corrected chi connectivity index (χ4v) is 2.24. The molecule has 18 heavy (non-hydrogen) atoms. The Labute approximate surface area is 111 Å². The first-order valence-corrected chi connectivity index (χ1v) is 6.18. The van der Waals surface area contributed by atoms with E-state index in [1.54, 1.807) is 12.3 Å². The molecule has 1 atom stereocenters. The minimum Gasteiger partial charge on any atom is -0.332 e. The van der Waals surface area contributed by atoms with Crippen LogP contribution >= 0.6 is 11.6 Å². The fourth-order valence-electron chi connectivity index (χ4n) is 2.08. The third-order valence-electron chi connectivity index (χ3n) is 3.00. The number of nitrogens with zero attached hydrogens (tertiary/aromatic N) is 3. The van der Waals surface area contributed by atoms with Crippen LogP contribution < -0.4 is 4.90 Å². The summed E-state index contributed by atoms with van der Waals surface area (Å²) in [6.45, 7) is 0.874. The third kappa shape index (κ3) is 2.22. The minimum atomic E-state index is 0.361. The predicted octanol–water partition coefficient (Wildman–Crippen LogP) is 3.25. The number of rotatable bonds is 2. The molecule has 0 amide bonds. The smallest absolute Gasteiger partial charge is 0.134 e. The molecule has 0 radical (unpaired) electrons. The number of halogens is 1. The van der Waals surface area contributed by atoms with E-state index in [1.807, 2.05) is 24.4 Å². The Bertz CT molecular complexity index is 568. The first kappa shape index (κ1) is 11.2. The maximum atomic E-state index is 5.90. The van der Waals surface area contributed by atoms with Gasteiger partial charge >= 0.3 is 0 Å². The molecule has 0 aliphatic carbocycles. The van der Waals surface area contributed by atoms with Gasteiger partial charge in [0, 0.05) is 31.1 Å². The summed E-state index contributed by atoms with van der Waals surface area (Å²) in [6, 6.07) is 9.71. The van der Waals surface area contributed by atoms with Crippen LogP contribution in [-0.4, -0.2) is 16.5 Å². The monoisotopic (exact) mass is 257 g/mol. The van der Waals surface area contributed by atoms with E-state index in [2.05, 4.69) is 33.2 Å². The first-order valence-electron chi connectivity index (χ1n) is 5.80. The Hall–Kier alpha value is -1.87. The van der Waals surface area contributed by atoms with Gasteiger partial charge in [0.1, 0.15) is 11.0 Å². The van der Waals surface area contributed by atoms with E-state index >= 15 is 0 Å². The second kappa shape index (κ2) is 4.78. The highest BCUT2D eigenvalue weighted by Gasteiger charge is 2.19. The van der Waals surface area contributed by atoms with E-state index in [4.69, 9.17) is 11.6 Å². The molecule has 0 saturated heterocycles. The predicted molar refractivity (Wildman–Crippen MR) is 72.7 cm³/mol. The zero-order valence-electron chi connectivity index (χ0n) is 9.70. The summed E-state index contributed by atoms with van der Waals surface area (Å²) in [5.41, 5.74) is 1.22. The van der Waals surface area contributed by atoms with Crippen LogP contribution in [-0.2, 0) is 0 Å². The van der Waals surface area contributed by atoms with Crippen LogP contribution in [0.25, 0.3) is 0 Å². The van der Waals surface area contributed by atoms with E-state index < -0.39 is 0 Å². The van der Waals surface area contributed by atoms with Crippen LogP contribution in [0.15, 0.2) is 55.0 Å². The van der Waals surface area contributed by atoms with Gasteiger partial charge in [0.2, 0.25) is 0 Å². The van der Waals surface area contributed by atoms with Crippen molar-refractivity contribution in [3.05, 3.63) is 65.7 Å². The summed E-state index contributed by atoms with van der Waals surface area (Å²) in [4.78, 5) is 10.6. The van der Waals surface area contributed by atoms with Gasteiger partial charge in [-0.2, -0.15) is 0 Å². The molecule has 3 nitrogen and oxygen atoms in total. The molecular formula is C14H12ClN3. The van der Waals surface area contributed by atoms with Gasteiger partial charge < -0.3 is 4.90 Å². The summed E-state index contributed by atoms with van der Waals surface area (Å²) in [5.74, 6) is 1.24. The maximum Gasteiger partial charge on any atom is 0.134 e. The topological polar surface area (TPSA) is 29.0 Å². The molecule has 3 rings (SSSR count). The van der Waals surface area contributed by atoms with E-state index in [-0.39, 0.29) is 0 Å². The van der Waals surface area contributed by atoms with Crippen molar-refractivity contribution < 1.29 is 0 Å². The lowest BCUT2D eigenvalue weighted by molar-refractivity contribution is 0.852. The molecule has 0 saturated carbocycles. The maximum absolute atomic E-state index is 5.90. The van der Waals surface area contributed by atoms with Gasteiger partial charge in [-0.15, -0.1) is 0 Å². The molecule has 3 heterocycles. The lowest BCUT2D eigenvalue weighted by Crippen LogP contribution is -2.17. The number of anilines is 1. The van der Waals surface area contributed by atoms with Crippen molar-refractivity contribution in [2.45, 2.75) is 5.92 Å². The van der Waals surface area contributed by atoms with E-state index in [0.717, 1.165) is 12.4 Å². The summed E-state index contributed by atoms with van der Waals surface area (Å²) >= 11 is 5.90. The summed E-state index contributed by atoms with van der Waals surface area (Å²) in [7, 11) is 0. The third-order valence-corrected chi connectivity index (χ3v) is 3.21. The zero-order valence-corrected chi connectivity index (χ0v) is 10.5. The Kier molecular flexibility index (Phi) is 2.99. The average molecular weight is 258 g/mol. The van der Waals surface area contributed by atoms with Crippen molar-refractivity contribution in [3.63, 3.8) is 0 Å². The minimum absolute atomic E-state index is 0.361. The summed E-state index contributed by atoms with van der Waals surface area (Å²) < 4.78 is 0. The molecule has 1 unspecified atom stereocenters. The molecule has 0 N–H and O–H groups in total. The molecule has 0 spiro atoms. The Morgan fingerprint density at radius 2 is 2.17 bits per heavy atom. The molecule has 4 heteroatoms. The highest BCUT2D eigenvalue weighted by Crippen LogP contribution is 2.27. The van der Waals surface area contributed by atoms with E-state index in [1.165, 1.54) is 5.56 Å². The van der Waals surface area contributed by atoms with Gasteiger partial charge in [-0.05, 0) is 23.8 Å². The van der Waals surface area contributed by atoms with Crippen LogP contribution in [0.5, 0.6) is 0 Å². The van der Waals surface area contributed by atoms with Crippen molar-refractivity contribution in [2.24, 2.45) is 0 Å². The average Bonchev–Trinajstić information content (AvgIpc) is 2.89. The largest absolute Gasteiger partial charge is 0.332 e. The van der Waals surface area contributed by atoms with Gasteiger partial charge in [-0.3, -0.25) is 4.98 Å². The highest BCUT2D eigenvalue weighted by molar-refractivity contribution is 6.29. The van der Waals surface area contributed by atoms with Crippen molar-refractivity contribution in [3.8, 4) is 0 Å². The normalized spacial score (nSPS) is 18.3. The molecule has 0 aromatic carbocycles. The highest BCUT2D eigenvalue weighted by atomic mass is 35.5. The van der Waals surface area contributed by atoms with Crippen molar-refractivity contribution in [1.82, 2.24) is 9.97 Å². The van der Waals surface area contributed by atoms with Crippen LogP contribution in [0.3, 0.4) is 0 Å². The zero-order chi connectivity index (χ0) is 12.4. The van der Waals surface area contributed by atoms with Crippen molar-refractivity contribution in [2.75, 3.05) is 11.4 Å². The lowest BCUT2D eigenvalue weighted by Gasteiger charge is -2.17. The molecule has 1 aliphatic rings. The van der Waals surface area contributed by atoms with Crippen LogP contribution in [0.4, 0.5) is 5.82 Å². The standard InChI is InChI=1S/C14H12ClN3/c15-13-4-1-5-14(17-13)18-8-6-12(10-18)11-3-2-7-16-9-11/h1-9,12H,10H2.